The van der Waals surface area contributed by atoms with E-state index in [0.29, 0.717) is 1.93 Å². The van der Waals surface area contributed by atoms with E-state index in [-0.39, 0.29) is 11.7 Å². The Morgan fingerprint density at radius 2 is 0.960 bits per heavy atom. The highest BCUT2D eigenvalue weighted by atomic mass is 127. The van der Waals surface area contributed by atoms with Crippen LogP contribution in [0.1, 0.15) is 0 Å². The van der Waals surface area contributed by atoms with Crippen molar-refractivity contribution in [2.75, 3.05) is 0 Å². The number of hydrogen-bond donors (Lipinski definition) is 0. The van der Waals surface area contributed by atoms with E-state index in [1.165, 1.54) is 0 Å². The Morgan fingerprint density at radius 3 is 1.24 bits per heavy atom. The normalized spacial score (nSPS) is 15.5. The molecule has 0 aromatic heterocycles. The number of carbonyl (C=O) groups is 1. The van der Waals surface area contributed by atoms with Crippen LogP contribution < -0.4 is 0 Å². The summed E-state index contributed by atoms with van der Waals surface area (Å²) in [7, 11) is 0. The predicted molar refractivity (Wildman–Crippen MR) is 237 cm³/mol. The van der Waals surface area contributed by atoms with Crippen molar-refractivity contribution in [2.45, 2.75) is 10.5 Å². The molecule has 0 aliphatic rings. The van der Waals surface area contributed by atoms with Crippen molar-refractivity contribution in [1.29, 1.82) is 0 Å². The SMILES string of the molecule is O=C(OI)C(I)(I)C(I)(I)C(I)(I)C(I)(I)C(I)(I)C(I)(I)C(I)I. The summed E-state index contributed by atoms with van der Waals surface area (Å²) in [6, 6.07) is 0. The van der Waals surface area contributed by atoms with E-state index in [0.717, 1.165) is 0 Å². The van der Waals surface area contributed by atoms with Crippen molar-refractivity contribution in [1.82, 2.24) is 0 Å². The Labute approximate surface area is 352 Å². The smallest absolute Gasteiger partial charge is 0.343 e. The zero-order valence-corrected chi connectivity index (χ0v) is 42.9. The first kappa shape index (κ1) is 35.4. The van der Waals surface area contributed by atoms with Gasteiger partial charge in [-0.05, 0) is 0 Å². The zero-order valence-electron chi connectivity index (χ0n) is 10.6. The van der Waals surface area contributed by atoms with Gasteiger partial charge in [0, 0.05) is 0 Å². The highest BCUT2D eigenvalue weighted by Crippen LogP contribution is 2.76. The second kappa shape index (κ2) is 13.5. The van der Waals surface area contributed by atoms with Crippen molar-refractivity contribution in [3.63, 3.8) is 0 Å². The van der Waals surface area contributed by atoms with Crippen LogP contribution in [0.4, 0.5) is 0 Å². The first-order valence-electron chi connectivity index (χ1n) is 5.06. The molecule has 0 rings (SSSR count). The maximum absolute atomic E-state index is 12.5. The minimum Gasteiger partial charge on any atom is -0.393 e. The van der Waals surface area contributed by atoms with Crippen LogP contribution in [0.2, 0.25) is 0 Å². The minimum atomic E-state index is -0.717. The fraction of sp³-hybridized carbons (Fsp3) is 0.875. The highest BCUT2D eigenvalue weighted by molar-refractivity contribution is 14.2. The lowest BCUT2D eigenvalue weighted by Gasteiger charge is -2.55. The average Bonchev–Trinajstić information content (AvgIpc) is 2.44. The summed E-state index contributed by atoms with van der Waals surface area (Å²) in [6.45, 7) is 0. The van der Waals surface area contributed by atoms with E-state index in [2.05, 4.69) is 316 Å². The van der Waals surface area contributed by atoms with E-state index in [1.807, 2.05) is 0 Å². The maximum Gasteiger partial charge on any atom is 0.343 e. The molecule has 0 fully saturated rings. The van der Waals surface area contributed by atoms with Gasteiger partial charge < -0.3 is 3.07 Å². The molecule has 0 unspecified atom stereocenters. The summed E-state index contributed by atoms with van der Waals surface area (Å²) in [4.78, 5) is 12.5. The van der Waals surface area contributed by atoms with Gasteiger partial charge in [0.25, 0.3) is 0 Å². The van der Waals surface area contributed by atoms with E-state index < -0.39 is 2.86 Å². The molecule has 0 amide bonds. The van der Waals surface area contributed by atoms with Crippen LogP contribution in [-0.2, 0) is 7.86 Å². The number of carbonyl (C=O) groups excluding carboxylic acids is 1. The Kier molecular flexibility index (Phi) is 19.1. The van der Waals surface area contributed by atoms with E-state index in [1.54, 1.807) is 23.0 Å². The molecule has 0 spiro atoms. The molecule has 0 saturated carbocycles. The third kappa shape index (κ3) is 7.51. The lowest BCUT2D eigenvalue weighted by Crippen LogP contribution is -2.65. The van der Waals surface area contributed by atoms with Gasteiger partial charge >= 0.3 is 5.97 Å². The van der Waals surface area contributed by atoms with Gasteiger partial charge in [0.05, 0.1) is 1.93 Å². The number of hydrogen-bond acceptors (Lipinski definition) is 2. The summed E-state index contributed by atoms with van der Waals surface area (Å²) < 4.78 is 3.81. The van der Waals surface area contributed by atoms with E-state index in [4.69, 9.17) is 3.07 Å². The molecule has 0 aromatic rings. The molecule has 0 N–H and O–H groups in total. The number of halogens is 15. The van der Waals surface area contributed by atoms with Gasteiger partial charge in [-0.2, -0.15) is 0 Å². The fourth-order valence-electron chi connectivity index (χ4n) is 1.11. The zero-order chi connectivity index (χ0) is 20.9. The summed E-state index contributed by atoms with van der Waals surface area (Å²) in [5, 5.41) is 0. The minimum absolute atomic E-state index is 0.00106. The van der Waals surface area contributed by atoms with Crippen molar-refractivity contribution in [3.8, 4) is 0 Å². The predicted octanol–water partition coefficient (Wildman–Crippen LogP) is 11.5. The highest BCUT2D eigenvalue weighted by Gasteiger charge is 2.74. The molecule has 0 aromatic carbocycles. The van der Waals surface area contributed by atoms with Crippen LogP contribution in [0.25, 0.3) is 0 Å². The van der Waals surface area contributed by atoms with E-state index in [9.17, 15) is 4.79 Å². The average molecular weight is 2030 g/mol. The Morgan fingerprint density at radius 1 is 0.640 bits per heavy atom. The molecule has 17 heteroatoms. The lowest BCUT2D eigenvalue weighted by molar-refractivity contribution is -0.130. The van der Waals surface area contributed by atoms with Crippen molar-refractivity contribution in [3.05, 3.63) is 0 Å². The molecule has 0 saturated heterocycles. The Bertz CT molecular complexity index is 510. The van der Waals surface area contributed by atoms with Gasteiger partial charge in [-0.15, -0.1) is 0 Å². The second-order valence-corrected chi connectivity index (χ2v) is 41.4. The molecule has 2 nitrogen and oxygen atoms in total. The number of alkyl halides is 14. The maximum atomic E-state index is 12.5. The molecule has 0 heterocycles. The molecule has 150 valence electrons. The topological polar surface area (TPSA) is 26.3 Å². The monoisotopic (exact) mass is 2030 g/mol. The fourth-order valence-corrected chi connectivity index (χ4v) is 21.7. The van der Waals surface area contributed by atoms with Crippen LogP contribution in [0.5, 0.6) is 0 Å². The number of rotatable bonds is 7. The Balaban J connectivity index is 6.44. The molecule has 0 aliphatic heterocycles. The third-order valence-corrected chi connectivity index (χ3v) is 48.7. The molecule has 0 radical (unpaired) electrons. The summed E-state index contributed by atoms with van der Waals surface area (Å²) in [6.07, 6.45) is 0. The Hall–Kier alpha value is 10.4. The van der Waals surface area contributed by atoms with Crippen LogP contribution in [0, 0.1) is 0 Å². The summed E-state index contributed by atoms with van der Waals surface area (Å²) in [5.74, 6) is -0.220. The first-order chi connectivity index (χ1) is 10.7. The van der Waals surface area contributed by atoms with Gasteiger partial charge in [0.15, 0.2) is 24.4 Å². The molecule has 0 aliphatic carbocycles. The molecule has 0 bridgehead atoms. The second-order valence-electron chi connectivity index (χ2n) is 4.16. The molecular formula is C8HI15O2. The quantitative estimate of drug-likeness (QED) is 0.188. The molecule has 25 heavy (non-hydrogen) atoms. The first-order valence-corrected chi connectivity index (χ1v) is 21.4. The third-order valence-electron chi connectivity index (χ3n) is 2.60. The van der Waals surface area contributed by atoms with Gasteiger partial charge in [0.1, 0.15) is 7.14 Å². The van der Waals surface area contributed by atoms with Gasteiger partial charge in [0.2, 0.25) is 0 Å². The van der Waals surface area contributed by atoms with Crippen molar-refractivity contribution >= 4 is 345 Å². The van der Waals surface area contributed by atoms with Gasteiger partial charge in [-0.1, -0.05) is 316 Å². The van der Waals surface area contributed by atoms with Crippen LogP contribution in [-0.4, -0.2) is 16.5 Å². The van der Waals surface area contributed by atoms with Crippen LogP contribution >= 0.6 is 339 Å². The van der Waals surface area contributed by atoms with Crippen LogP contribution in [0.3, 0.4) is 0 Å². The molecular weight excluding hydrogens is 2030 g/mol. The van der Waals surface area contributed by atoms with Crippen molar-refractivity contribution in [2.24, 2.45) is 0 Å². The van der Waals surface area contributed by atoms with Crippen molar-refractivity contribution < 1.29 is 7.86 Å². The van der Waals surface area contributed by atoms with Crippen LogP contribution in [0.15, 0.2) is 0 Å². The standard InChI is InChI=1S/C8HI15O2/c9-1(10)3(11,12)5(15,16)7(19,20)8(21,22)6(17,18)4(13,14)2(24)25-23/h1H. The lowest BCUT2D eigenvalue weighted by atomic mass is 10.1. The summed E-state index contributed by atoms with van der Waals surface area (Å²) >= 11 is 36.7. The van der Waals surface area contributed by atoms with Gasteiger partial charge in [-0.3, -0.25) is 0 Å². The largest absolute Gasteiger partial charge is 0.393 e. The summed E-state index contributed by atoms with van der Waals surface area (Å²) in [5.41, 5.74) is 0. The molecule has 0 atom stereocenters. The van der Waals surface area contributed by atoms with E-state index >= 15 is 0 Å². The van der Waals surface area contributed by atoms with Gasteiger partial charge in [-0.25, -0.2) is 4.79 Å².